The molecule has 3 heterocycles. The molecule has 2 aromatic heterocycles. The number of fused-ring (bicyclic) bond motifs is 3. The quantitative estimate of drug-likeness (QED) is 0.288. The summed E-state index contributed by atoms with van der Waals surface area (Å²) in [6.07, 6.45) is 1.78. The lowest BCUT2D eigenvalue weighted by Gasteiger charge is -2.29. The molecule has 0 saturated carbocycles. The third-order valence-electron chi connectivity index (χ3n) is 6.10. The first-order valence-electron chi connectivity index (χ1n) is 10.8. The van der Waals surface area contributed by atoms with Crippen LogP contribution in [0.15, 0.2) is 101 Å². The molecule has 0 spiro atoms. The number of nitrogens with zero attached hydrogens (tertiary/aromatic N) is 2. The Balaban J connectivity index is 1.57. The lowest BCUT2D eigenvalue weighted by Crippen LogP contribution is -2.21. The average molecular weight is 435 g/mol. The molecule has 156 valence electrons. The summed E-state index contributed by atoms with van der Waals surface area (Å²) in [7, 11) is 0. The number of allylic oxidation sites excluding steroid dienone is 1. The van der Waals surface area contributed by atoms with E-state index in [0.717, 1.165) is 16.4 Å². The van der Waals surface area contributed by atoms with Crippen LogP contribution in [0.4, 0.5) is 5.69 Å². The maximum atomic E-state index is 6.03. The normalized spacial score (nSPS) is 16.4. The molecule has 1 unspecified atom stereocenters. The van der Waals surface area contributed by atoms with Crippen LogP contribution in [0.2, 0.25) is 0 Å². The fraction of sp³-hybridized carbons (Fsp3) is 0.107. The molecular weight excluding hydrogens is 412 g/mol. The van der Waals surface area contributed by atoms with Crippen molar-refractivity contribution in [2.24, 2.45) is 0 Å². The van der Waals surface area contributed by atoms with E-state index in [9.17, 15) is 0 Å². The van der Waals surface area contributed by atoms with Gasteiger partial charge in [-0.1, -0.05) is 72.4 Å². The molecule has 0 N–H and O–H groups in total. The van der Waals surface area contributed by atoms with Gasteiger partial charge in [0.25, 0.3) is 0 Å². The highest BCUT2D eigenvalue weighted by Gasteiger charge is 2.34. The summed E-state index contributed by atoms with van der Waals surface area (Å²) >= 11 is 1.92. The highest BCUT2D eigenvalue weighted by atomic mass is 32.2. The second-order valence-electron chi connectivity index (χ2n) is 8.12. The molecule has 0 fully saturated rings. The van der Waals surface area contributed by atoms with Crippen LogP contribution in [0.3, 0.4) is 0 Å². The monoisotopic (exact) mass is 434 g/mol. The van der Waals surface area contributed by atoms with Gasteiger partial charge < -0.3 is 9.32 Å². The first kappa shape index (κ1) is 19.2. The fourth-order valence-corrected chi connectivity index (χ4v) is 5.98. The molecule has 3 nitrogen and oxygen atoms in total. The molecular formula is C28H22N2OS. The van der Waals surface area contributed by atoms with E-state index in [1.54, 1.807) is 6.20 Å². The van der Waals surface area contributed by atoms with Gasteiger partial charge in [0.15, 0.2) is 0 Å². The van der Waals surface area contributed by atoms with Crippen molar-refractivity contribution in [1.29, 1.82) is 0 Å². The summed E-state index contributed by atoms with van der Waals surface area (Å²) in [5, 5.41) is 2.32. The molecule has 5 aromatic rings. The highest BCUT2D eigenvalue weighted by Crippen LogP contribution is 2.54. The van der Waals surface area contributed by atoms with E-state index in [4.69, 9.17) is 4.42 Å². The standard InChI is InChI=1S/C28H22N2OS/c1-18-16-25-23(22-14-9-15-29-27(22)31-25)17-24(18)30-19(2)26(20-10-5-3-6-11-20)32-28(30)21-12-7-4-8-13-21/h3-17,28H,1-2H3. The predicted molar refractivity (Wildman–Crippen MR) is 135 cm³/mol. The van der Waals surface area contributed by atoms with Gasteiger partial charge in [0, 0.05) is 33.3 Å². The molecule has 32 heavy (non-hydrogen) atoms. The zero-order valence-electron chi connectivity index (χ0n) is 17.9. The van der Waals surface area contributed by atoms with Crippen molar-refractivity contribution < 1.29 is 4.42 Å². The van der Waals surface area contributed by atoms with Crippen molar-refractivity contribution in [3.05, 3.63) is 114 Å². The molecule has 4 heteroatoms. The third-order valence-corrected chi connectivity index (χ3v) is 7.57. The second kappa shape index (κ2) is 7.57. The van der Waals surface area contributed by atoms with Crippen LogP contribution < -0.4 is 4.90 Å². The van der Waals surface area contributed by atoms with Gasteiger partial charge in [0.2, 0.25) is 5.71 Å². The van der Waals surface area contributed by atoms with E-state index in [0.29, 0.717) is 5.71 Å². The van der Waals surface area contributed by atoms with E-state index in [1.807, 2.05) is 17.8 Å². The maximum absolute atomic E-state index is 6.03. The van der Waals surface area contributed by atoms with E-state index < -0.39 is 0 Å². The minimum Gasteiger partial charge on any atom is -0.438 e. The lowest BCUT2D eigenvalue weighted by molar-refractivity contribution is 0.653. The maximum Gasteiger partial charge on any atom is 0.227 e. The summed E-state index contributed by atoms with van der Waals surface area (Å²) < 4.78 is 6.03. The molecule has 0 aliphatic carbocycles. The number of benzene rings is 3. The van der Waals surface area contributed by atoms with Gasteiger partial charge in [-0.05, 0) is 54.8 Å². The average Bonchev–Trinajstić information content (AvgIpc) is 3.36. The van der Waals surface area contributed by atoms with Gasteiger partial charge in [-0.25, -0.2) is 4.98 Å². The van der Waals surface area contributed by atoms with Crippen molar-refractivity contribution in [3.8, 4) is 0 Å². The van der Waals surface area contributed by atoms with Crippen LogP contribution in [0.25, 0.3) is 27.0 Å². The van der Waals surface area contributed by atoms with Crippen molar-refractivity contribution >= 4 is 44.4 Å². The van der Waals surface area contributed by atoms with E-state index in [-0.39, 0.29) is 5.37 Å². The van der Waals surface area contributed by atoms with Crippen LogP contribution in [0.1, 0.15) is 29.0 Å². The van der Waals surface area contributed by atoms with Gasteiger partial charge in [-0.15, -0.1) is 0 Å². The summed E-state index contributed by atoms with van der Waals surface area (Å²) in [4.78, 5) is 8.21. The predicted octanol–water partition coefficient (Wildman–Crippen LogP) is 7.93. The van der Waals surface area contributed by atoms with Gasteiger partial charge >= 0.3 is 0 Å². The molecule has 1 aliphatic rings. The zero-order chi connectivity index (χ0) is 21.7. The Labute approximate surface area is 191 Å². The summed E-state index contributed by atoms with van der Waals surface area (Å²) in [6, 6.07) is 29.9. The van der Waals surface area contributed by atoms with Gasteiger partial charge in [0.1, 0.15) is 11.0 Å². The minimum atomic E-state index is 0.166. The van der Waals surface area contributed by atoms with Gasteiger partial charge in [-0.3, -0.25) is 0 Å². The lowest BCUT2D eigenvalue weighted by atomic mass is 10.1. The number of rotatable bonds is 3. The molecule has 3 aromatic carbocycles. The van der Waals surface area contributed by atoms with E-state index in [1.165, 1.54) is 33.0 Å². The van der Waals surface area contributed by atoms with Crippen molar-refractivity contribution in [2.75, 3.05) is 4.90 Å². The van der Waals surface area contributed by atoms with Crippen LogP contribution in [-0.4, -0.2) is 4.98 Å². The number of anilines is 1. The smallest absolute Gasteiger partial charge is 0.227 e. The highest BCUT2D eigenvalue weighted by molar-refractivity contribution is 8.09. The number of pyridine rings is 1. The Bertz CT molecular complexity index is 1470. The SMILES string of the molecule is CC1=C(c2ccccc2)SC(c2ccccc2)N1c1cc2c(cc1C)oc1ncccc12. The van der Waals surface area contributed by atoms with Crippen molar-refractivity contribution in [3.63, 3.8) is 0 Å². The third kappa shape index (κ3) is 3.02. The number of thioether (sulfide) groups is 1. The molecule has 0 saturated heterocycles. The molecule has 0 radical (unpaired) electrons. The van der Waals surface area contributed by atoms with E-state index >= 15 is 0 Å². The number of aromatic nitrogens is 1. The molecule has 6 rings (SSSR count). The molecule has 0 amide bonds. The first-order chi connectivity index (χ1) is 15.7. The molecule has 0 bridgehead atoms. The van der Waals surface area contributed by atoms with Gasteiger partial charge in [-0.2, -0.15) is 0 Å². The topological polar surface area (TPSA) is 29.3 Å². The molecule has 1 atom stereocenters. The second-order valence-corrected chi connectivity index (χ2v) is 9.21. The largest absolute Gasteiger partial charge is 0.438 e. The summed E-state index contributed by atoms with van der Waals surface area (Å²) in [5.41, 5.74) is 7.78. The van der Waals surface area contributed by atoms with Crippen LogP contribution >= 0.6 is 11.8 Å². The number of hydrogen-bond donors (Lipinski definition) is 0. The Hall–Kier alpha value is -3.50. The van der Waals surface area contributed by atoms with Gasteiger partial charge in [0.05, 0.1) is 0 Å². The summed E-state index contributed by atoms with van der Waals surface area (Å²) in [6.45, 7) is 4.40. The first-order valence-corrected chi connectivity index (χ1v) is 11.6. The molecule has 1 aliphatic heterocycles. The Morgan fingerprint density at radius 1 is 0.844 bits per heavy atom. The van der Waals surface area contributed by atoms with Crippen LogP contribution in [0, 0.1) is 6.92 Å². The zero-order valence-corrected chi connectivity index (χ0v) is 18.8. The van der Waals surface area contributed by atoms with Crippen LogP contribution in [-0.2, 0) is 0 Å². The van der Waals surface area contributed by atoms with E-state index in [2.05, 4.69) is 103 Å². The Morgan fingerprint density at radius 2 is 1.59 bits per heavy atom. The number of hydrogen-bond acceptors (Lipinski definition) is 4. The number of aryl methyl sites for hydroxylation is 1. The summed E-state index contributed by atoms with van der Waals surface area (Å²) in [5.74, 6) is 0. The van der Waals surface area contributed by atoms with Crippen molar-refractivity contribution in [2.45, 2.75) is 19.2 Å². The fourth-order valence-electron chi connectivity index (χ4n) is 4.55. The Morgan fingerprint density at radius 3 is 2.38 bits per heavy atom. The minimum absolute atomic E-state index is 0.166. The van der Waals surface area contributed by atoms with Crippen molar-refractivity contribution in [1.82, 2.24) is 4.98 Å². The number of furan rings is 1. The van der Waals surface area contributed by atoms with Crippen LogP contribution in [0.5, 0.6) is 0 Å². The Kier molecular flexibility index (Phi) is 4.54.